The van der Waals surface area contributed by atoms with E-state index in [2.05, 4.69) is 5.32 Å². The molecule has 7 heteroatoms. The van der Waals surface area contributed by atoms with Gasteiger partial charge in [-0.25, -0.2) is 0 Å². The van der Waals surface area contributed by atoms with Gasteiger partial charge >= 0.3 is 0 Å². The van der Waals surface area contributed by atoms with Crippen molar-refractivity contribution < 1.29 is 9.59 Å². The molecule has 0 aliphatic carbocycles. The summed E-state index contributed by atoms with van der Waals surface area (Å²) in [7, 11) is 0. The van der Waals surface area contributed by atoms with Gasteiger partial charge in [-0.15, -0.1) is 11.8 Å². The van der Waals surface area contributed by atoms with Crippen LogP contribution in [0.3, 0.4) is 0 Å². The molecule has 0 spiro atoms. The number of rotatable bonds is 9. The van der Waals surface area contributed by atoms with Crippen molar-refractivity contribution in [2.75, 3.05) is 5.75 Å². The van der Waals surface area contributed by atoms with Crippen LogP contribution in [0.15, 0.2) is 48.5 Å². The quantitative estimate of drug-likeness (QED) is 0.482. The van der Waals surface area contributed by atoms with Gasteiger partial charge in [0.25, 0.3) is 0 Å². The monoisotopic (exact) mass is 480 g/mol. The Bertz CT molecular complexity index is 899. The fourth-order valence-corrected chi connectivity index (χ4v) is 4.52. The molecule has 2 aromatic rings. The highest BCUT2D eigenvalue weighted by atomic mass is 35.5. The summed E-state index contributed by atoms with van der Waals surface area (Å²) in [6.45, 7) is 7.98. The topological polar surface area (TPSA) is 49.4 Å². The summed E-state index contributed by atoms with van der Waals surface area (Å²) in [5, 5.41) is 4.27. The minimum atomic E-state index is -0.580. The fourth-order valence-electron chi connectivity index (χ4n) is 3.13. The summed E-state index contributed by atoms with van der Waals surface area (Å²) < 4.78 is 0. The molecule has 0 fully saturated rings. The van der Waals surface area contributed by atoms with Gasteiger partial charge in [-0.2, -0.15) is 0 Å². The smallest absolute Gasteiger partial charge is 0.243 e. The Morgan fingerprint density at radius 3 is 2.06 bits per heavy atom. The molecule has 1 atom stereocenters. The third-order valence-corrected chi connectivity index (χ3v) is 6.33. The lowest BCUT2D eigenvalue weighted by Gasteiger charge is -2.33. The van der Waals surface area contributed by atoms with Crippen LogP contribution in [0, 0.1) is 0 Å². The maximum absolute atomic E-state index is 13.3. The van der Waals surface area contributed by atoms with Gasteiger partial charge in [0.05, 0.1) is 5.75 Å². The van der Waals surface area contributed by atoms with Crippen molar-refractivity contribution in [3.05, 3.63) is 69.7 Å². The van der Waals surface area contributed by atoms with Crippen LogP contribution in [-0.2, 0) is 21.9 Å². The van der Waals surface area contributed by atoms with Crippen molar-refractivity contribution in [2.45, 2.75) is 58.0 Å². The zero-order chi connectivity index (χ0) is 23.0. The molecule has 0 saturated carbocycles. The Morgan fingerprint density at radius 2 is 1.55 bits per heavy atom. The van der Waals surface area contributed by atoms with Crippen LogP contribution in [0.4, 0.5) is 0 Å². The molecule has 2 amide bonds. The molecule has 0 bridgehead atoms. The van der Waals surface area contributed by atoms with Gasteiger partial charge in [-0.1, -0.05) is 66.5 Å². The Morgan fingerprint density at radius 1 is 1.00 bits per heavy atom. The number of carbonyl (C=O) groups excluding carboxylic acids is 2. The van der Waals surface area contributed by atoms with Gasteiger partial charge in [-0.05, 0) is 50.5 Å². The van der Waals surface area contributed by atoms with E-state index >= 15 is 0 Å². The standard InChI is InChI=1S/C24H30Cl2N2O2S/c1-5-21(23(30)27-24(2,3)4)28(14-17-10-6-8-12-19(17)25)22(29)16-31-15-18-11-7-9-13-20(18)26/h6-13,21H,5,14-16H2,1-4H3,(H,27,30)/t21-/m1/s1. The Kier molecular flexibility index (Phi) is 9.73. The van der Waals surface area contributed by atoms with Crippen molar-refractivity contribution in [3.8, 4) is 0 Å². The van der Waals surface area contributed by atoms with Gasteiger partial charge in [-0.3, -0.25) is 9.59 Å². The van der Waals surface area contributed by atoms with Crippen molar-refractivity contribution in [1.82, 2.24) is 10.2 Å². The van der Waals surface area contributed by atoms with E-state index in [1.807, 2.05) is 70.2 Å². The zero-order valence-corrected chi connectivity index (χ0v) is 20.8. The second kappa shape index (κ2) is 11.8. The van der Waals surface area contributed by atoms with Crippen molar-refractivity contribution in [1.29, 1.82) is 0 Å². The van der Waals surface area contributed by atoms with Gasteiger partial charge in [0, 0.05) is 27.9 Å². The first-order chi connectivity index (χ1) is 14.6. The van der Waals surface area contributed by atoms with Crippen molar-refractivity contribution in [2.24, 2.45) is 0 Å². The van der Waals surface area contributed by atoms with Crippen LogP contribution in [0.5, 0.6) is 0 Å². The van der Waals surface area contributed by atoms with E-state index in [1.54, 1.807) is 11.0 Å². The third-order valence-electron chi connectivity index (χ3n) is 4.62. The Labute approximate surface area is 199 Å². The predicted octanol–water partition coefficient (Wildman–Crippen LogP) is 5.95. The molecule has 168 valence electrons. The summed E-state index contributed by atoms with van der Waals surface area (Å²) >= 11 is 14.1. The van der Waals surface area contributed by atoms with Gasteiger partial charge in [0.1, 0.15) is 6.04 Å². The van der Waals surface area contributed by atoms with Crippen molar-refractivity contribution >= 4 is 46.8 Å². The molecule has 0 radical (unpaired) electrons. The molecule has 2 aromatic carbocycles. The Balaban J connectivity index is 2.19. The second-order valence-electron chi connectivity index (χ2n) is 8.36. The summed E-state index contributed by atoms with van der Waals surface area (Å²) in [4.78, 5) is 27.9. The maximum atomic E-state index is 13.3. The number of nitrogens with one attached hydrogen (secondary N) is 1. The summed E-state index contributed by atoms with van der Waals surface area (Å²) in [5.41, 5.74) is 1.41. The second-order valence-corrected chi connectivity index (χ2v) is 10.2. The van der Waals surface area contributed by atoms with E-state index in [1.165, 1.54) is 11.8 Å². The van der Waals surface area contributed by atoms with E-state index < -0.39 is 6.04 Å². The third kappa shape index (κ3) is 8.06. The van der Waals surface area contributed by atoms with Crippen LogP contribution in [0.1, 0.15) is 45.2 Å². The lowest BCUT2D eigenvalue weighted by atomic mass is 10.1. The minimum Gasteiger partial charge on any atom is -0.350 e. The molecular weight excluding hydrogens is 451 g/mol. The van der Waals surface area contributed by atoms with E-state index in [9.17, 15) is 9.59 Å². The number of amides is 2. The average molecular weight is 481 g/mol. The minimum absolute atomic E-state index is 0.104. The summed E-state index contributed by atoms with van der Waals surface area (Å²) in [6, 6.07) is 14.4. The fraction of sp³-hybridized carbons (Fsp3) is 0.417. The van der Waals surface area contributed by atoms with E-state index in [-0.39, 0.29) is 29.7 Å². The SMILES string of the molecule is CC[C@H](C(=O)NC(C)(C)C)N(Cc1ccccc1Cl)C(=O)CSCc1ccccc1Cl. The van der Waals surface area contributed by atoms with Crippen molar-refractivity contribution in [3.63, 3.8) is 0 Å². The molecule has 0 heterocycles. The normalized spacial score (nSPS) is 12.3. The summed E-state index contributed by atoms with van der Waals surface area (Å²) in [5.74, 6) is 0.602. The number of hydrogen-bond acceptors (Lipinski definition) is 3. The molecule has 31 heavy (non-hydrogen) atoms. The van der Waals surface area contributed by atoms with Gasteiger partial charge < -0.3 is 10.2 Å². The lowest BCUT2D eigenvalue weighted by molar-refractivity contribution is -0.140. The molecule has 0 aliphatic rings. The van der Waals surface area contributed by atoms with Gasteiger partial charge in [0.2, 0.25) is 11.8 Å². The highest BCUT2D eigenvalue weighted by Crippen LogP contribution is 2.23. The number of benzene rings is 2. The lowest BCUT2D eigenvalue weighted by Crippen LogP contribution is -2.53. The van der Waals surface area contributed by atoms with E-state index in [0.717, 1.165) is 11.1 Å². The molecular formula is C24H30Cl2N2O2S. The van der Waals surface area contributed by atoms with Crippen LogP contribution >= 0.6 is 35.0 Å². The van der Waals surface area contributed by atoms with E-state index in [4.69, 9.17) is 23.2 Å². The molecule has 4 nitrogen and oxygen atoms in total. The first kappa shape index (κ1) is 25.6. The number of hydrogen-bond donors (Lipinski definition) is 1. The predicted molar refractivity (Wildman–Crippen MR) is 132 cm³/mol. The molecule has 0 saturated heterocycles. The number of carbonyl (C=O) groups is 2. The number of nitrogens with zero attached hydrogens (tertiary/aromatic N) is 1. The van der Waals surface area contributed by atoms with Crippen LogP contribution < -0.4 is 5.32 Å². The highest BCUT2D eigenvalue weighted by Gasteiger charge is 2.30. The zero-order valence-electron chi connectivity index (χ0n) is 18.5. The molecule has 2 rings (SSSR count). The average Bonchev–Trinajstić information content (AvgIpc) is 2.69. The Hall–Kier alpha value is -1.69. The first-order valence-electron chi connectivity index (χ1n) is 10.3. The molecule has 0 unspecified atom stereocenters. The summed E-state index contributed by atoms with van der Waals surface area (Å²) in [6.07, 6.45) is 0.507. The van der Waals surface area contributed by atoms with E-state index in [0.29, 0.717) is 22.2 Å². The molecule has 0 aliphatic heterocycles. The first-order valence-corrected chi connectivity index (χ1v) is 12.2. The molecule has 0 aromatic heterocycles. The number of thioether (sulfide) groups is 1. The largest absolute Gasteiger partial charge is 0.350 e. The highest BCUT2D eigenvalue weighted by molar-refractivity contribution is 7.99. The van der Waals surface area contributed by atoms with Crippen LogP contribution in [0.25, 0.3) is 0 Å². The van der Waals surface area contributed by atoms with Gasteiger partial charge in [0.15, 0.2) is 0 Å². The van der Waals surface area contributed by atoms with Crippen LogP contribution in [-0.4, -0.2) is 34.0 Å². The maximum Gasteiger partial charge on any atom is 0.243 e. The molecule has 1 N–H and O–H groups in total. The van der Waals surface area contributed by atoms with Crippen LogP contribution in [0.2, 0.25) is 10.0 Å². The number of halogens is 2.